The van der Waals surface area contributed by atoms with E-state index in [0.29, 0.717) is 28.8 Å². The third-order valence-corrected chi connectivity index (χ3v) is 5.27. The van der Waals surface area contributed by atoms with Gasteiger partial charge >= 0.3 is 0 Å². The van der Waals surface area contributed by atoms with Gasteiger partial charge in [-0.2, -0.15) is 0 Å². The minimum atomic E-state index is -3.86. The number of methoxy groups -OCH3 is 1. The molecule has 6 nitrogen and oxygen atoms in total. The number of benzene rings is 2. The molecule has 2 rings (SSSR count). The molecule has 0 aromatic heterocycles. The molecule has 0 fully saturated rings. The van der Waals surface area contributed by atoms with E-state index in [1.807, 2.05) is 6.92 Å². The summed E-state index contributed by atoms with van der Waals surface area (Å²) in [7, 11) is -2.32. The molecule has 0 aliphatic carbocycles. The molecular formula is C16H18ClN3O3S2. The maximum Gasteiger partial charge on any atom is 0.263 e. The first kappa shape index (κ1) is 19.3. The molecular weight excluding hydrogens is 382 g/mol. The maximum atomic E-state index is 12.6. The molecule has 2 aromatic rings. The fourth-order valence-corrected chi connectivity index (χ4v) is 3.84. The van der Waals surface area contributed by atoms with Crippen molar-refractivity contribution in [3.8, 4) is 5.75 Å². The van der Waals surface area contributed by atoms with Crippen LogP contribution in [0.3, 0.4) is 0 Å². The van der Waals surface area contributed by atoms with Crippen molar-refractivity contribution in [3.05, 3.63) is 47.5 Å². The molecule has 0 heterocycles. The van der Waals surface area contributed by atoms with Crippen LogP contribution in [0.15, 0.2) is 47.4 Å². The molecule has 0 atom stereocenters. The van der Waals surface area contributed by atoms with Gasteiger partial charge in [0, 0.05) is 17.9 Å². The van der Waals surface area contributed by atoms with Crippen LogP contribution in [-0.2, 0) is 10.0 Å². The van der Waals surface area contributed by atoms with E-state index in [4.69, 9.17) is 28.6 Å². The quantitative estimate of drug-likeness (QED) is 0.645. The molecule has 0 unspecified atom stereocenters. The molecule has 0 aliphatic rings. The van der Waals surface area contributed by atoms with Gasteiger partial charge in [0.25, 0.3) is 10.0 Å². The van der Waals surface area contributed by atoms with Gasteiger partial charge in [0.05, 0.1) is 12.1 Å². The molecule has 25 heavy (non-hydrogen) atoms. The number of hydrogen-bond acceptors (Lipinski definition) is 4. The standard InChI is InChI=1S/C16H18ClN3O3S2/c1-3-18-16(24)19-12-6-9-14(17)15(10-12)25(21,22)20-11-4-7-13(23-2)8-5-11/h4-10,20H,3H2,1-2H3,(H2,18,19,24). The smallest absolute Gasteiger partial charge is 0.263 e. The van der Waals surface area contributed by atoms with E-state index in [-0.39, 0.29) is 9.92 Å². The van der Waals surface area contributed by atoms with Crippen molar-refractivity contribution >= 4 is 50.3 Å². The van der Waals surface area contributed by atoms with Gasteiger partial charge < -0.3 is 15.4 Å². The van der Waals surface area contributed by atoms with E-state index in [9.17, 15) is 8.42 Å². The number of ether oxygens (including phenoxy) is 1. The summed E-state index contributed by atoms with van der Waals surface area (Å²) >= 11 is 11.2. The first-order valence-electron chi connectivity index (χ1n) is 7.37. The van der Waals surface area contributed by atoms with Gasteiger partial charge in [-0.25, -0.2) is 8.42 Å². The fourth-order valence-electron chi connectivity index (χ4n) is 1.99. The van der Waals surface area contributed by atoms with Gasteiger partial charge in [-0.1, -0.05) is 11.6 Å². The van der Waals surface area contributed by atoms with Crippen LogP contribution in [0, 0.1) is 0 Å². The number of hydrogen-bond donors (Lipinski definition) is 3. The van der Waals surface area contributed by atoms with Crippen LogP contribution >= 0.6 is 23.8 Å². The third kappa shape index (κ3) is 5.22. The molecule has 0 radical (unpaired) electrons. The monoisotopic (exact) mass is 399 g/mol. The highest BCUT2D eigenvalue weighted by Gasteiger charge is 2.19. The minimum Gasteiger partial charge on any atom is -0.497 e. The van der Waals surface area contributed by atoms with Crippen molar-refractivity contribution in [2.75, 3.05) is 23.7 Å². The Hall–Kier alpha value is -2.03. The van der Waals surface area contributed by atoms with Crippen LogP contribution < -0.4 is 20.1 Å². The first-order chi connectivity index (χ1) is 11.9. The highest BCUT2D eigenvalue weighted by atomic mass is 35.5. The Balaban J connectivity index is 2.26. The lowest BCUT2D eigenvalue weighted by Gasteiger charge is -2.13. The largest absolute Gasteiger partial charge is 0.497 e. The number of halogens is 1. The topological polar surface area (TPSA) is 79.5 Å². The Bertz CT molecular complexity index is 855. The van der Waals surface area contributed by atoms with Gasteiger partial charge in [-0.3, -0.25) is 4.72 Å². The Morgan fingerprint density at radius 1 is 1.16 bits per heavy atom. The Kier molecular flexibility index (Phi) is 6.46. The van der Waals surface area contributed by atoms with E-state index in [1.165, 1.54) is 19.2 Å². The predicted octanol–water partition coefficient (Wildman–Crippen LogP) is 3.46. The van der Waals surface area contributed by atoms with Crippen molar-refractivity contribution in [2.24, 2.45) is 0 Å². The van der Waals surface area contributed by atoms with Crippen LogP contribution in [0.5, 0.6) is 5.75 Å². The summed E-state index contributed by atoms with van der Waals surface area (Å²) in [5.41, 5.74) is 0.920. The molecule has 0 saturated heterocycles. The lowest BCUT2D eigenvalue weighted by Crippen LogP contribution is -2.28. The van der Waals surface area contributed by atoms with Crippen LogP contribution in [0.1, 0.15) is 6.92 Å². The van der Waals surface area contributed by atoms with Gasteiger partial charge in [0.1, 0.15) is 10.6 Å². The molecule has 0 amide bonds. The molecule has 0 aliphatic heterocycles. The van der Waals surface area contributed by atoms with E-state index < -0.39 is 10.0 Å². The van der Waals surface area contributed by atoms with Gasteiger partial charge in [-0.15, -0.1) is 0 Å². The molecule has 0 saturated carbocycles. The molecule has 134 valence electrons. The normalized spacial score (nSPS) is 10.8. The summed E-state index contributed by atoms with van der Waals surface area (Å²) in [6.45, 7) is 2.56. The average Bonchev–Trinajstić information content (AvgIpc) is 2.57. The zero-order chi connectivity index (χ0) is 18.4. The number of nitrogens with one attached hydrogen (secondary N) is 3. The molecule has 2 aromatic carbocycles. The zero-order valence-corrected chi connectivity index (χ0v) is 16.1. The zero-order valence-electron chi connectivity index (χ0n) is 13.7. The van der Waals surface area contributed by atoms with Crippen LogP contribution in [0.2, 0.25) is 5.02 Å². The van der Waals surface area contributed by atoms with Crippen LogP contribution in [0.4, 0.5) is 11.4 Å². The SMILES string of the molecule is CCNC(=S)Nc1ccc(Cl)c(S(=O)(=O)Nc2ccc(OC)cc2)c1. The van der Waals surface area contributed by atoms with Gasteiger partial charge in [0.15, 0.2) is 5.11 Å². The van der Waals surface area contributed by atoms with Crippen molar-refractivity contribution in [1.29, 1.82) is 0 Å². The number of thiocarbonyl (C=S) groups is 1. The van der Waals surface area contributed by atoms with Crippen LogP contribution in [-0.4, -0.2) is 27.2 Å². The van der Waals surface area contributed by atoms with Gasteiger partial charge in [0.2, 0.25) is 0 Å². The number of rotatable bonds is 6. The van der Waals surface area contributed by atoms with E-state index >= 15 is 0 Å². The van der Waals surface area contributed by atoms with E-state index in [0.717, 1.165) is 0 Å². The summed E-state index contributed by atoms with van der Waals surface area (Å²) in [6.07, 6.45) is 0. The first-order valence-corrected chi connectivity index (χ1v) is 9.64. The Morgan fingerprint density at radius 3 is 2.40 bits per heavy atom. The van der Waals surface area contributed by atoms with Crippen molar-refractivity contribution in [1.82, 2.24) is 5.32 Å². The van der Waals surface area contributed by atoms with E-state index in [1.54, 1.807) is 30.3 Å². The van der Waals surface area contributed by atoms with Gasteiger partial charge in [-0.05, 0) is 61.6 Å². The lowest BCUT2D eigenvalue weighted by molar-refractivity contribution is 0.415. The van der Waals surface area contributed by atoms with E-state index in [2.05, 4.69) is 15.4 Å². The Morgan fingerprint density at radius 2 is 1.80 bits per heavy atom. The fraction of sp³-hybridized carbons (Fsp3) is 0.188. The van der Waals surface area contributed by atoms with Crippen molar-refractivity contribution in [2.45, 2.75) is 11.8 Å². The highest BCUT2D eigenvalue weighted by molar-refractivity contribution is 7.92. The second kappa shape index (κ2) is 8.37. The summed E-state index contributed by atoms with van der Waals surface area (Å²) in [4.78, 5) is -0.0470. The highest BCUT2D eigenvalue weighted by Crippen LogP contribution is 2.27. The molecule has 9 heteroatoms. The summed E-state index contributed by atoms with van der Waals surface area (Å²) < 4.78 is 32.8. The predicted molar refractivity (Wildman–Crippen MR) is 105 cm³/mol. The number of anilines is 2. The van der Waals surface area contributed by atoms with Crippen LogP contribution in [0.25, 0.3) is 0 Å². The average molecular weight is 400 g/mol. The second-order valence-corrected chi connectivity index (χ2v) is 7.43. The second-order valence-electron chi connectivity index (χ2n) is 4.96. The maximum absolute atomic E-state index is 12.6. The van der Waals surface area contributed by atoms with Crippen molar-refractivity contribution < 1.29 is 13.2 Å². The Labute approximate surface area is 157 Å². The summed E-state index contributed by atoms with van der Waals surface area (Å²) in [6, 6.07) is 11.1. The molecule has 0 bridgehead atoms. The molecule has 3 N–H and O–H groups in total. The minimum absolute atomic E-state index is 0.0470. The summed E-state index contributed by atoms with van der Waals surface area (Å²) in [5.74, 6) is 0.629. The lowest BCUT2D eigenvalue weighted by atomic mass is 10.3. The third-order valence-electron chi connectivity index (χ3n) is 3.16. The number of sulfonamides is 1. The summed E-state index contributed by atoms with van der Waals surface area (Å²) in [5, 5.41) is 6.35. The molecule has 0 spiro atoms. The van der Waals surface area contributed by atoms with Crippen molar-refractivity contribution in [3.63, 3.8) is 0 Å².